The highest BCUT2D eigenvalue weighted by Gasteiger charge is 2.30. The van der Waals surface area contributed by atoms with E-state index in [1.54, 1.807) is 0 Å². The Morgan fingerprint density at radius 3 is 2.64 bits per heavy atom. The number of nitrogens with one attached hydrogen (secondary N) is 2. The molecule has 1 unspecified atom stereocenters. The molecule has 2 aromatic rings. The molecule has 28 heavy (non-hydrogen) atoms. The second-order valence-electron chi connectivity index (χ2n) is 6.58. The van der Waals surface area contributed by atoms with Crippen LogP contribution >= 0.6 is 0 Å². The summed E-state index contributed by atoms with van der Waals surface area (Å²) in [5.74, 6) is 0.724. The molecule has 1 atom stereocenters. The number of benzene rings is 2. The smallest absolute Gasteiger partial charge is 0.228 e. The third-order valence-electron chi connectivity index (χ3n) is 4.64. The fraction of sp³-hybridized carbons (Fsp3) is 0.364. The molecule has 0 saturated carbocycles. The Hall–Kier alpha value is -3.02. The third-order valence-corrected chi connectivity index (χ3v) is 4.64. The second-order valence-corrected chi connectivity index (χ2v) is 6.58. The molecule has 3 rings (SSSR count). The Morgan fingerprint density at radius 2 is 1.86 bits per heavy atom. The molecular weight excluding hydrogens is 356 g/mol. The molecule has 148 valence electrons. The lowest BCUT2D eigenvalue weighted by Crippen LogP contribution is -2.35. The molecule has 0 radical (unpaired) electrons. The first-order valence-electron chi connectivity index (χ1n) is 9.67. The van der Waals surface area contributed by atoms with Gasteiger partial charge in [0.2, 0.25) is 11.8 Å². The van der Waals surface area contributed by atoms with Crippen LogP contribution in [-0.2, 0) is 16.0 Å². The molecule has 1 aliphatic rings. The van der Waals surface area contributed by atoms with Gasteiger partial charge in [-0.1, -0.05) is 24.3 Å². The van der Waals surface area contributed by atoms with Crippen molar-refractivity contribution in [1.29, 1.82) is 0 Å². The molecule has 2 aromatic carbocycles. The number of anilines is 1. The van der Waals surface area contributed by atoms with Gasteiger partial charge in [-0.25, -0.2) is 0 Å². The minimum atomic E-state index is -0.454. The molecular formula is C22H26N2O4. The molecule has 0 spiro atoms. The van der Waals surface area contributed by atoms with E-state index in [0.717, 1.165) is 16.9 Å². The lowest BCUT2D eigenvalue weighted by Gasteiger charge is -2.24. The van der Waals surface area contributed by atoms with Crippen LogP contribution in [0.1, 0.15) is 37.3 Å². The van der Waals surface area contributed by atoms with Gasteiger partial charge in [0.25, 0.3) is 0 Å². The number of hydrogen-bond donors (Lipinski definition) is 2. The van der Waals surface area contributed by atoms with Gasteiger partial charge in [0, 0.05) is 18.7 Å². The summed E-state index contributed by atoms with van der Waals surface area (Å²) in [5.41, 5.74) is 2.63. The van der Waals surface area contributed by atoms with Crippen molar-refractivity contribution in [3.05, 3.63) is 53.6 Å². The number of carbonyl (C=O) groups excluding carboxylic acids is 2. The number of carbonyl (C=O) groups is 2. The van der Waals surface area contributed by atoms with Crippen LogP contribution in [-0.4, -0.2) is 31.6 Å². The summed E-state index contributed by atoms with van der Waals surface area (Å²) in [6.07, 6.45) is 0.833. The predicted octanol–water partition coefficient (Wildman–Crippen LogP) is 3.27. The van der Waals surface area contributed by atoms with E-state index < -0.39 is 5.92 Å². The Morgan fingerprint density at radius 1 is 1.11 bits per heavy atom. The van der Waals surface area contributed by atoms with Gasteiger partial charge in [-0.3, -0.25) is 9.59 Å². The SMILES string of the molecule is CCOc1ccc(CCNC(=O)C2CC(=O)Nc3ccccc32)cc1OCC. The monoisotopic (exact) mass is 382 g/mol. The summed E-state index contributed by atoms with van der Waals surface area (Å²) in [6.45, 7) is 5.48. The highest BCUT2D eigenvalue weighted by molar-refractivity contribution is 6.01. The topological polar surface area (TPSA) is 76.7 Å². The van der Waals surface area contributed by atoms with Gasteiger partial charge in [0.15, 0.2) is 11.5 Å². The molecule has 2 amide bonds. The minimum Gasteiger partial charge on any atom is -0.490 e. The Kier molecular flexibility index (Phi) is 6.53. The molecule has 0 saturated heterocycles. The summed E-state index contributed by atoms with van der Waals surface area (Å²) in [6, 6.07) is 13.3. The van der Waals surface area contributed by atoms with Crippen LogP contribution in [0.4, 0.5) is 5.69 Å². The van der Waals surface area contributed by atoms with Crippen LogP contribution in [0.5, 0.6) is 11.5 Å². The summed E-state index contributed by atoms with van der Waals surface area (Å²) in [4.78, 5) is 24.6. The zero-order valence-corrected chi connectivity index (χ0v) is 16.3. The van der Waals surface area contributed by atoms with Crippen LogP contribution in [0.2, 0.25) is 0 Å². The summed E-state index contributed by atoms with van der Waals surface area (Å²) < 4.78 is 11.2. The van der Waals surface area contributed by atoms with Crippen molar-refractivity contribution in [2.45, 2.75) is 32.6 Å². The number of ether oxygens (including phenoxy) is 2. The third kappa shape index (κ3) is 4.63. The van der Waals surface area contributed by atoms with E-state index in [0.29, 0.717) is 37.6 Å². The van der Waals surface area contributed by atoms with Crippen molar-refractivity contribution in [2.24, 2.45) is 0 Å². The minimum absolute atomic E-state index is 0.127. The van der Waals surface area contributed by atoms with E-state index in [-0.39, 0.29) is 18.2 Å². The van der Waals surface area contributed by atoms with Gasteiger partial charge in [0.05, 0.1) is 19.1 Å². The number of rotatable bonds is 8. The number of para-hydroxylation sites is 1. The molecule has 2 N–H and O–H groups in total. The first-order chi connectivity index (χ1) is 13.6. The number of amides is 2. The van der Waals surface area contributed by atoms with Crippen LogP contribution in [0.3, 0.4) is 0 Å². The van der Waals surface area contributed by atoms with Crippen LogP contribution in [0.25, 0.3) is 0 Å². The summed E-state index contributed by atoms with van der Waals surface area (Å²) in [7, 11) is 0. The first kappa shape index (κ1) is 19.7. The highest BCUT2D eigenvalue weighted by Crippen LogP contribution is 2.32. The quantitative estimate of drug-likeness (QED) is 0.735. The molecule has 1 aliphatic heterocycles. The van der Waals surface area contributed by atoms with Gasteiger partial charge in [-0.2, -0.15) is 0 Å². The Labute approximate surface area is 165 Å². The van der Waals surface area contributed by atoms with Crippen LogP contribution in [0.15, 0.2) is 42.5 Å². The normalized spacial score (nSPS) is 15.4. The van der Waals surface area contributed by atoms with Gasteiger partial charge in [0.1, 0.15) is 0 Å². The lowest BCUT2D eigenvalue weighted by atomic mass is 9.90. The fourth-order valence-electron chi connectivity index (χ4n) is 3.35. The molecule has 0 aromatic heterocycles. The molecule has 6 heteroatoms. The number of fused-ring (bicyclic) bond motifs is 1. The van der Waals surface area contributed by atoms with E-state index in [9.17, 15) is 9.59 Å². The predicted molar refractivity (Wildman–Crippen MR) is 108 cm³/mol. The van der Waals surface area contributed by atoms with Crippen molar-refractivity contribution < 1.29 is 19.1 Å². The van der Waals surface area contributed by atoms with Gasteiger partial charge in [-0.15, -0.1) is 0 Å². The highest BCUT2D eigenvalue weighted by atomic mass is 16.5. The maximum absolute atomic E-state index is 12.7. The van der Waals surface area contributed by atoms with Crippen molar-refractivity contribution in [2.75, 3.05) is 25.1 Å². The maximum atomic E-state index is 12.7. The van der Waals surface area contributed by atoms with Crippen LogP contribution in [0, 0.1) is 0 Å². The summed E-state index contributed by atoms with van der Waals surface area (Å²) in [5, 5.41) is 5.78. The molecule has 0 fully saturated rings. The van der Waals surface area contributed by atoms with E-state index >= 15 is 0 Å². The first-order valence-corrected chi connectivity index (χ1v) is 9.67. The fourth-order valence-corrected chi connectivity index (χ4v) is 3.35. The zero-order chi connectivity index (χ0) is 19.9. The molecule has 6 nitrogen and oxygen atoms in total. The average molecular weight is 382 g/mol. The average Bonchev–Trinajstić information content (AvgIpc) is 2.69. The summed E-state index contributed by atoms with van der Waals surface area (Å²) >= 11 is 0. The largest absolute Gasteiger partial charge is 0.490 e. The van der Waals surface area contributed by atoms with Crippen molar-refractivity contribution >= 4 is 17.5 Å². The maximum Gasteiger partial charge on any atom is 0.228 e. The van der Waals surface area contributed by atoms with Gasteiger partial charge < -0.3 is 20.1 Å². The Balaban J connectivity index is 1.61. The Bertz CT molecular complexity index is 850. The molecule has 0 bridgehead atoms. The van der Waals surface area contributed by atoms with Gasteiger partial charge in [-0.05, 0) is 49.6 Å². The van der Waals surface area contributed by atoms with E-state index in [2.05, 4.69) is 10.6 Å². The van der Waals surface area contributed by atoms with Gasteiger partial charge >= 0.3 is 0 Å². The van der Waals surface area contributed by atoms with E-state index in [1.165, 1.54) is 0 Å². The van der Waals surface area contributed by atoms with E-state index in [4.69, 9.17) is 9.47 Å². The zero-order valence-electron chi connectivity index (χ0n) is 16.3. The van der Waals surface area contributed by atoms with Crippen molar-refractivity contribution in [1.82, 2.24) is 5.32 Å². The number of hydrogen-bond acceptors (Lipinski definition) is 4. The van der Waals surface area contributed by atoms with Crippen molar-refractivity contribution in [3.63, 3.8) is 0 Å². The standard InChI is InChI=1S/C22H26N2O4/c1-3-27-19-10-9-15(13-20(19)28-4-2)11-12-23-22(26)17-14-21(25)24-18-8-6-5-7-16(17)18/h5-10,13,17H,3-4,11-12,14H2,1-2H3,(H,23,26)(H,24,25). The lowest BCUT2D eigenvalue weighted by molar-refractivity contribution is -0.126. The molecule has 0 aliphatic carbocycles. The van der Waals surface area contributed by atoms with Crippen LogP contribution < -0.4 is 20.1 Å². The van der Waals surface area contributed by atoms with E-state index in [1.807, 2.05) is 56.3 Å². The van der Waals surface area contributed by atoms with Crippen molar-refractivity contribution in [3.8, 4) is 11.5 Å². The second kappa shape index (κ2) is 9.26. The molecule has 1 heterocycles.